The second-order valence-corrected chi connectivity index (χ2v) is 7.99. The molecular weight excluding hydrogens is 469 g/mol. The molecule has 1 fully saturated rings. The van der Waals surface area contributed by atoms with E-state index >= 15 is 0 Å². The molecule has 3 heterocycles. The Morgan fingerprint density at radius 2 is 1.97 bits per heavy atom. The summed E-state index contributed by atoms with van der Waals surface area (Å²) in [6, 6.07) is 9.29. The highest BCUT2D eigenvalue weighted by molar-refractivity contribution is 5.97. The van der Waals surface area contributed by atoms with Gasteiger partial charge in [-0.3, -0.25) is 9.59 Å². The van der Waals surface area contributed by atoms with Crippen LogP contribution < -0.4 is 10.1 Å². The molecule has 3 aromatic rings. The van der Waals surface area contributed by atoms with Gasteiger partial charge in [0, 0.05) is 24.2 Å². The molecule has 0 aliphatic carbocycles. The third kappa shape index (κ3) is 5.66. The summed E-state index contributed by atoms with van der Waals surface area (Å²) in [5.41, 5.74) is -0.352. The number of hydrogen-bond acceptors (Lipinski definition) is 7. The molecule has 1 aliphatic heterocycles. The third-order valence-electron chi connectivity index (χ3n) is 5.50. The number of halogens is 3. The lowest BCUT2D eigenvalue weighted by Crippen LogP contribution is -2.44. The molecule has 9 nitrogen and oxygen atoms in total. The van der Waals surface area contributed by atoms with Gasteiger partial charge in [-0.15, -0.1) is 0 Å². The minimum absolute atomic E-state index is 0.0140. The first-order valence-electron chi connectivity index (χ1n) is 10.6. The average Bonchev–Trinajstić information content (AvgIpc) is 3.22. The van der Waals surface area contributed by atoms with E-state index in [1.165, 1.54) is 17.0 Å². The Bertz CT molecular complexity index is 1240. The summed E-state index contributed by atoms with van der Waals surface area (Å²) in [7, 11) is 0. The van der Waals surface area contributed by atoms with E-state index in [2.05, 4.69) is 15.3 Å². The third-order valence-corrected chi connectivity index (χ3v) is 5.50. The predicted octanol–water partition coefficient (Wildman–Crippen LogP) is 2.12. The highest BCUT2D eigenvalue weighted by Crippen LogP contribution is 2.30. The number of pyridine rings is 2. The van der Waals surface area contributed by atoms with E-state index in [-0.39, 0.29) is 37.7 Å². The van der Waals surface area contributed by atoms with E-state index in [4.69, 9.17) is 4.74 Å². The maximum atomic E-state index is 12.7. The van der Waals surface area contributed by atoms with Crippen molar-refractivity contribution in [1.29, 1.82) is 0 Å². The van der Waals surface area contributed by atoms with Gasteiger partial charge in [0.15, 0.2) is 0 Å². The molecule has 1 aliphatic rings. The van der Waals surface area contributed by atoms with E-state index in [1.807, 2.05) is 0 Å². The highest BCUT2D eigenvalue weighted by atomic mass is 19.4. The first-order chi connectivity index (χ1) is 16.6. The average molecular weight is 490 g/mol. The Hall–Kier alpha value is -3.77. The van der Waals surface area contributed by atoms with Crippen molar-refractivity contribution in [3.63, 3.8) is 0 Å². The van der Waals surface area contributed by atoms with Crippen molar-refractivity contribution in [2.45, 2.75) is 24.7 Å². The van der Waals surface area contributed by atoms with Gasteiger partial charge < -0.3 is 25.2 Å². The fraction of sp³-hybridized carbons (Fsp3) is 0.304. The first kappa shape index (κ1) is 24.4. The van der Waals surface area contributed by atoms with Crippen LogP contribution in [0.1, 0.15) is 22.5 Å². The minimum atomic E-state index is -4.49. The zero-order chi connectivity index (χ0) is 25.2. The number of amides is 2. The van der Waals surface area contributed by atoms with Crippen molar-refractivity contribution in [1.82, 2.24) is 20.2 Å². The molecule has 0 radical (unpaired) electrons. The normalized spacial score (nSPS) is 18.0. The SMILES string of the molecule is O=C(NCC(=O)N1C[C@H](O)C[C@@H]1CO)c1ccc2cc(Oc3ccc(C(F)(F)F)cn3)ccc2n1. The fourth-order valence-electron chi connectivity index (χ4n) is 3.74. The molecule has 0 bridgehead atoms. The van der Waals surface area contributed by atoms with Crippen LogP contribution in [0, 0.1) is 0 Å². The van der Waals surface area contributed by atoms with Gasteiger partial charge in [0.25, 0.3) is 5.91 Å². The number of aliphatic hydroxyl groups excluding tert-OH is 2. The summed E-state index contributed by atoms with van der Waals surface area (Å²) in [6.45, 7) is -0.487. The number of hydrogen-bond donors (Lipinski definition) is 3. The van der Waals surface area contributed by atoms with Crippen molar-refractivity contribution in [3.05, 3.63) is 59.9 Å². The lowest BCUT2D eigenvalue weighted by Gasteiger charge is -2.22. The van der Waals surface area contributed by atoms with Gasteiger partial charge in [-0.2, -0.15) is 13.2 Å². The van der Waals surface area contributed by atoms with Gasteiger partial charge in [0.05, 0.1) is 36.4 Å². The molecular formula is C23H21F3N4O5. The lowest BCUT2D eigenvalue weighted by molar-refractivity contribution is -0.137. The van der Waals surface area contributed by atoms with Crippen LogP contribution in [-0.2, 0) is 11.0 Å². The Labute approximate surface area is 197 Å². The number of fused-ring (bicyclic) bond motifs is 1. The van der Waals surface area contributed by atoms with Crippen LogP contribution in [0.2, 0.25) is 0 Å². The summed E-state index contributed by atoms with van der Waals surface area (Å²) in [5.74, 6) is -0.691. The molecule has 0 spiro atoms. The number of β-amino-alcohol motifs (C(OH)–C–C–N with tert-alkyl or cyclic N) is 1. The Balaban J connectivity index is 1.39. The van der Waals surface area contributed by atoms with Crippen LogP contribution in [0.3, 0.4) is 0 Å². The van der Waals surface area contributed by atoms with Crippen LogP contribution in [0.4, 0.5) is 13.2 Å². The maximum Gasteiger partial charge on any atom is 0.417 e. The van der Waals surface area contributed by atoms with Crippen LogP contribution in [0.15, 0.2) is 48.7 Å². The van der Waals surface area contributed by atoms with Gasteiger partial charge >= 0.3 is 6.18 Å². The van der Waals surface area contributed by atoms with Gasteiger partial charge in [0.1, 0.15) is 11.4 Å². The summed E-state index contributed by atoms with van der Waals surface area (Å²) >= 11 is 0. The number of ether oxygens (including phenoxy) is 1. The van der Waals surface area contributed by atoms with Crippen molar-refractivity contribution >= 4 is 22.7 Å². The number of aromatic nitrogens is 2. The second-order valence-electron chi connectivity index (χ2n) is 7.99. The summed E-state index contributed by atoms with van der Waals surface area (Å²) in [5, 5.41) is 22.1. The van der Waals surface area contributed by atoms with Crippen LogP contribution in [0.25, 0.3) is 10.9 Å². The number of alkyl halides is 3. The predicted molar refractivity (Wildman–Crippen MR) is 117 cm³/mol. The molecule has 1 saturated heterocycles. The second kappa shape index (κ2) is 9.84. The van der Waals surface area contributed by atoms with E-state index in [1.54, 1.807) is 18.2 Å². The summed E-state index contributed by atoms with van der Waals surface area (Å²) in [6.07, 6.45) is -4.24. The van der Waals surface area contributed by atoms with Crippen LogP contribution in [0.5, 0.6) is 11.6 Å². The van der Waals surface area contributed by atoms with E-state index in [0.717, 1.165) is 12.1 Å². The molecule has 4 rings (SSSR count). The first-order valence-corrected chi connectivity index (χ1v) is 10.6. The molecule has 184 valence electrons. The molecule has 0 saturated carbocycles. The topological polar surface area (TPSA) is 125 Å². The van der Waals surface area contributed by atoms with Crippen LogP contribution >= 0.6 is 0 Å². The number of likely N-dealkylation sites (tertiary alicyclic amines) is 1. The summed E-state index contributed by atoms with van der Waals surface area (Å²) in [4.78, 5) is 34.1. The van der Waals surface area contributed by atoms with Gasteiger partial charge in [-0.1, -0.05) is 6.07 Å². The number of benzene rings is 1. The number of carbonyl (C=O) groups is 2. The Morgan fingerprint density at radius 3 is 2.66 bits per heavy atom. The smallest absolute Gasteiger partial charge is 0.417 e. The quantitative estimate of drug-likeness (QED) is 0.484. The largest absolute Gasteiger partial charge is 0.439 e. The number of rotatable bonds is 6. The highest BCUT2D eigenvalue weighted by Gasteiger charge is 2.33. The maximum absolute atomic E-state index is 12.7. The van der Waals surface area contributed by atoms with Crippen molar-refractivity contribution in [3.8, 4) is 11.6 Å². The van der Waals surface area contributed by atoms with Crippen molar-refractivity contribution in [2.75, 3.05) is 19.7 Å². The Morgan fingerprint density at radius 1 is 1.17 bits per heavy atom. The number of aliphatic hydroxyl groups is 2. The van der Waals surface area contributed by atoms with E-state index < -0.39 is 35.7 Å². The van der Waals surface area contributed by atoms with E-state index in [9.17, 15) is 33.0 Å². The van der Waals surface area contributed by atoms with Gasteiger partial charge in [0.2, 0.25) is 11.8 Å². The molecule has 0 unspecified atom stereocenters. The Kier molecular flexibility index (Phi) is 6.85. The van der Waals surface area contributed by atoms with Gasteiger partial charge in [-0.25, -0.2) is 9.97 Å². The van der Waals surface area contributed by atoms with Crippen molar-refractivity contribution < 1.29 is 37.7 Å². The molecule has 2 atom stereocenters. The molecule has 3 N–H and O–H groups in total. The lowest BCUT2D eigenvalue weighted by atomic mass is 10.2. The molecule has 35 heavy (non-hydrogen) atoms. The fourth-order valence-corrected chi connectivity index (χ4v) is 3.74. The zero-order valence-electron chi connectivity index (χ0n) is 18.2. The zero-order valence-corrected chi connectivity index (χ0v) is 18.2. The molecule has 1 aromatic carbocycles. The monoisotopic (exact) mass is 490 g/mol. The summed E-state index contributed by atoms with van der Waals surface area (Å²) < 4.78 is 43.5. The molecule has 12 heteroatoms. The molecule has 2 aromatic heterocycles. The van der Waals surface area contributed by atoms with Crippen molar-refractivity contribution in [2.24, 2.45) is 0 Å². The standard InChI is InChI=1S/C23H21F3N4O5/c24-23(25,26)14-2-6-20(27-9-14)35-17-3-5-18-13(7-17)1-4-19(29-18)22(34)28-10-21(33)30-11-16(32)8-15(30)12-31/h1-7,9,15-16,31-32H,8,10-12H2,(H,28,34)/t15-,16-/m1/s1. The number of nitrogens with one attached hydrogen (secondary N) is 1. The number of nitrogens with zero attached hydrogens (tertiary/aromatic N) is 3. The minimum Gasteiger partial charge on any atom is -0.439 e. The molecule has 2 amide bonds. The van der Waals surface area contributed by atoms with Gasteiger partial charge in [-0.05, 0) is 36.8 Å². The van der Waals surface area contributed by atoms with Crippen LogP contribution in [-0.4, -0.2) is 68.7 Å². The number of carbonyl (C=O) groups excluding carboxylic acids is 2. The van der Waals surface area contributed by atoms with E-state index in [0.29, 0.717) is 22.8 Å².